The summed E-state index contributed by atoms with van der Waals surface area (Å²) in [5.41, 5.74) is 0.176. The van der Waals surface area contributed by atoms with Gasteiger partial charge in [0.05, 0.1) is 18.2 Å². The van der Waals surface area contributed by atoms with E-state index in [1.165, 1.54) is 18.2 Å². The minimum absolute atomic E-state index is 0.252. The molecule has 3 heterocycles. The second-order valence-electron chi connectivity index (χ2n) is 7.16. The van der Waals surface area contributed by atoms with Gasteiger partial charge in [0.15, 0.2) is 0 Å². The molecule has 1 aromatic heterocycles. The van der Waals surface area contributed by atoms with Crippen LogP contribution in [0.2, 0.25) is 0 Å². The molecule has 27 heavy (non-hydrogen) atoms. The van der Waals surface area contributed by atoms with Gasteiger partial charge in [-0.2, -0.15) is 13.2 Å². The molecule has 6 nitrogen and oxygen atoms in total. The van der Waals surface area contributed by atoms with E-state index in [9.17, 15) is 23.3 Å². The minimum Gasteiger partial charge on any atom is -0.404 e. The molecule has 2 aliphatic rings. The topological polar surface area (TPSA) is 62.8 Å². The van der Waals surface area contributed by atoms with Crippen molar-refractivity contribution in [2.24, 2.45) is 11.8 Å². The quantitative estimate of drug-likeness (QED) is 0.596. The van der Waals surface area contributed by atoms with Crippen LogP contribution < -0.4 is 4.90 Å². The smallest absolute Gasteiger partial charge is 0.404 e. The van der Waals surface area contributed by atoms with Gasteiger partial charge < -0.3 is 9.32 Å². The lowest BCUT2D eigenvalue weighted by Gasteiger charge is -2.23. The number of alkyl halides is 3. The van der Waals surface area contributed by atoms with Crippen molar-refractivity contribution in [1.29, 1.82) is 0 Å². The predicted molar refractivity (Wildman–Crippen MR) is 91.3 cm³/mol. The lowest BCUT2D eigenvalue weighted by atomic mass is 10.0. The molecular formula is C18H18F3N3O3. The molecule has 144 valence electrons. The lowest BCUT2D eigenvalue weighted by Crippen LogP contribution is -2.28. The Bertz CT molecular complexity index is 820. The maximum absolute atomic E-state index is 12.7. The molecule has 2 aliphatic heterocycles. The highest BCUT2D eigenvalue weighted by Crippen LogP contribution is 2.36. The van der Waals surface area contributed by atoms with Crippen LogP contribution in [0.4, 0.5) is 24.7 Å². The summed E-state index contributed by atoms with van der Waals surface area (Å²) in [6.45, 7) is 3.81. The van der Waals surface area contributed by atoms with E-state index in [-0.39, 0.29) is 5.88 Å². The lowest BCUT2D eigenvalue weighted by molar-refractivity contribution is -0.402. The number of hydrogen-bond donors (Lipinski definition) is 0. The zero-order valence-corrected chi connectivity index (χ0v) is 14.4. The van der Waals surface area contributed by atoms with Gasteiger partial charge in [-0.3, -0.25) is 15.0 Å². The minimum atomic E-state index is -4.32. The Morgan fingerprint density at radius 2 is 1.67 bits per heavy atom. The Labute approximate surface area is 153 Å². The SMILES string of the molecule is O=[N+]([O-])c1ccc(CN2CC3CN(c4ccc(C(F)(F)F)cc4)CC3C2)o1. The molecule has 2 atom stereocenters. The Hall–Kier alpha value is -2.55. The standard InChI is InChI=1S/C18H18F3N3O3/c19-18(20,21)14-1-3-15(4-2-14)23-9-12-7-22(8-13(12)10-23)11-16-5-6-17(27-16)24(25)26/h1-6,12-13H,7-11H2. The van der Waals surface area contributed by atoms with Crippen molar-refractivity contribution in [2.75, 3.05) is 31.1 Å². The van der Waals surface area contributed by atoms with E-state index < -0.39 is 16.7 Å². The van der Waals surface area contributed by atoms with Crippen molar-refractivity contribution in [3.63, 3.8) is 0 Å². The maximum atomic E-state index is 12.7. The number of hydrogen-bond acceptors (Lipinski definition) is 5. The molecule has 4 rings (SSSR count). The monoisotopic (exact) mass is 381 g/mol. The van der Waals surface area contributed by atoms with Crippen LogP contribution in [-0.2, 0) is 12.7 Å². The van der Waals surface area contributed by atoms with E-state index in [1.54, 1.807) is 6.07 Å². The summed E-state index contributed by atoms with van der Waals surface area (Å²) in [5, 5.41) is 10.7. The van der Waals surface area contributed by atoms with E-state index >= 15 is 0 Å². The maximum Gasteiger partial charge on any atom is 0.433 e. The zero-order chi connectivity index (χ0) is 19.2. The van der Waals surface area contributed by atoms with E-state index in [1.807, 2.05) is 0 Å². The second-order valence-corrected chi connectivity index (χ2v) is 7.16. The van der Waals surface area contributed by atoms with Crippen molar-refractivity contribution in [1.82, 2.24) is 4.90 Å². The summed E-state index contributed by atoms with van der Waals surface area (Å²) < 4.78 is 43.3. The number of fused-ring (bicyclic) bond motifs is 1. The molecule has 2 aromatic rings. The van der Waals surface area contributed by atoms with Gasteiger partial charge in [0.25, 0.3) is 0 Å². The number of likely N-dealkylation sites (tertiary alicyclic amines) is 1. The molecule has 0 saturated carbocycles. The molecule has 0 N–H and O–H groups in total. The number of nitrogens with zero attached hydrogens (tertiary/aromatic N) is 3. The largest absolute Gasteiger partial charge is 0.433 e. The molecule has 2 unspecified atom stereocenters. The fourth-order valence-electron chi connectivity index (χ4n) is 4.06. The molecule has 2 fully saturated rings. The summed E-state index contributed by atoms with van der Waals surface area (Å²) in [5.74, 6) is 1.17. The first-order chi connectivity index (χ1) is 12.8. The number of halogens is 3. The van der Waals surface area contributed by atoms with Gasteiger partial charge >= 0.3 is 12.1 Å². The van der Waals surface area contributed by atoms with E-state index in [0.29, 0.717) is 24.1 Å². The van der Waals surface area contributed by atoms with Crippen LogP contribution in [0.1, 0.15) is 11.3 Å². The Morgan fingerprint density at radius 1 is 1.04 bits per heavy atom. The number of rotatable bonds is 4. The van der Waals surface area contributed by atoms with Crippen LogP contribution in [-0.4, -0.2) is 36.0 Å². The molecule has 0 spiro atoms. The zero-order valence-electron chi connectivity index (χ0n) is 14.4. The van der Waals surface area contributed by atoms with Crippen LogP contribution >= 0.6 is 0 Å². The number of anilines is 1. The molecule has 2 saturated heterocycles. The third-order valence-electron chi connectivity index (χ3n) is 5.33. The highest BCUT2D eigenvalue weighted by molar-refractivity contribution is 5.49. The average molecular weight is 381 g/mol. The highest BCUT2D eigenvalue weighted by Gasteiger charge is 2.40. The summed E-state index contributed by atoms with van der Waals surface area (Å²) >= 11 is 0. The van der Waals surface area contributed by atoms with Gasteiger partial charge in [-0.15, -0.1) is 0 Å². The Morgan fingerprint density at radius 3 is 2.19 bits per heavy atom. The fourth-order valence-corrected chi connectivity index (χ4v) is 4.06. The van der Waals surface area contributed by atoms with Gasteiger partial charge in [0.1, 0.15) is 10.7 Å². The molecule has 9 heteroatoms. The van der Waals surface area contributed by atoms with E-state index in [4.69, 9.17) is 4.42 Å². The van der Waals surface area contributed by atoms with Crippen molar-refractivity contribution in [2.45, 2.75) is 12.7 Å². The first kappa shape index (κ1) is 17.8. The van der Waals surface area contributed by atoms with Crippen molar-refractivity contribution >= 4 is 11.6 Å². The molecule has 0 bridgehead atoms. The first-order valence-corrected chi connectivity index (χ1v) is 8.67. The van der Waals surface area contributed by atoms with Gasteiger partial charge in [-0.05, 0) is 42.2 Å². The molecule has 1 aromatic carbocycles. The molecular weight excluding hydrogens is 363 g/mol. The third-order valence-corrected chi connectivity index (χ3v) is 5.33. The highest BCUT2D eigenvalue weighted by atomic mass is 19.4. The predicted octanol–water partition coefficient (Wildman–Crippen LogP) is 3.77. The first-order valence-electron chi connectivity index (χ1n) is 8.67. The number of benzene rings is 1. The van der Waals surface area contributed by atoms with Crippen molar-refractivity contribution < 1.29 is 22.5 Å². The Balaban J connectivity index is 1.34. The van der Waals surface area contributed by atoms with Crippen LogP contribution in [0.5, 0.6) is 0 Å². The second kappa shape index (κ2) is 6.56. The van der Waals surface area contributed by atoms with Crippen molar-refractivity contribution in [3.05, 3.63) is 57.8 Å². The van der Waals surface area contributed by atoms with Crippen LogP contribution in [0.25, 0.3) is 0 Å². The average Bonchev–Trinajstić information content (AvgIpc) is 3.29. The summed E-state index contributed by atoms with van der Waals surface area (Å²) in [6.07, 6.45) is -4.32. The van der Waals surface area contributed by atoms with E-state index in [2.05, 4.69) is 9.80 Å². The normalized spacial score (nSPS) is 23.0. The summed E-state index contributed by atoms with van der Waals surface area (Å²) in [7, 11) is 0. The summed E-state index contributed by atoms with van der Waals surface area (Å²) in [4.78, 5) is 14.5. The molecule has 0 aliphatic carbocycles. The van der Waals surface area contributed by atoms with Crippen LogP contribution in [0.3, 0.4) is 0 Å². The van der Waals surface area contributed by atoms with Gasteiger partial charge in [-0.25, -0.2) is 0 Å². The van der Waals surface area contributed by atoms with Crippen LogP contribution in [0.15, 0.2) is 40.8 Å². The molecule has 0 amide bonds. The number of nitro groups is 1. The third kappa shape index (κ3) is 3.64. The fraction of sp³-hybridized carbons (Fsp3) is 0.444. The van der Waals surface area contributed by atoms with Gasteiger partial charge in [0.2, 0.25) is 0 Å². The van der Waals surface area contributed by atoms with Crippen LogP contribution in [0, 0.1) is 22.0 Å². The molecule has 0 radical (unpaired) electrons. The van der Waals surface area contributed by atoms with Gasteiger partial charge in [0, 0.05) is 31.9 Å². The summed E-state index contributed by atoms with van der Waals surface area (Å²) in [6, 6.07) is 8.30. The Kier molecular flexibility index (Phi) is 4.33. The number of furan rings is 1. The van der Waals surface area contributed by atoms with E-state index in [0.717, 1.165) is 44.0 Å². The van der Waals surface area contributed by atoms with Crippen molar-refractivity contribution in [3.8, 4) is 0 Å². The van der Waals surface area contributed by atoms with Gasteiger partial charge in [-0.1, -0.05) is 0 Å².